The lowest BCUT2D eigenvalue weighted by Crippen LogP contribution is -2.54. The molecule has 0 N–H and O–H groups in total. The van der Waals surface area contributed by atoms with Gasteiger partial charge >= 0.3 is 0 Å². The Morgan fingerprint density at radius 3 is 2.50 bits per heavy atom. The number of hydrogen-bond donors (Lipinski definition) is 0. The number of carbonyl (C=O) groups excluding carboxylic acids is 1. The van der Waals surface area contributed by atoms with Gasteiger partial charge in [0, 0.05) is 39.3 Å². The molecule has 1 aliphatic rings. The highest BCUT2D eigenvalue weighted by Crippen LogP contribution is 2.35. The lowest BCUT2D eigenvalue weighted by molar-refractivity contribution is -0.136. The van der Waals surface area contributed by atoms with Gasteiger partial charge < -0.3 is 14.5 Å². The number of amides is 1. The number of benzene rings is 2. The second-order valence-corrected chi connectivity index (χ2v) is 12.5. The van der Waals surface area contributed by atoms with Gasteiger partial charge in [-0.3, -0.25) is 4.79 Å². The summed E-state index contributed by atoms with van der Waals surface area (Å²) in [7, 11) is 0.170. The molecule has 2 aromatic rings. The molecule has 0 bridgehead atoms. The Bertz CT molecular complexity index is 1190. The number of carbonyl (C=O) groups is 1. The SMILES string of the molecule is COc1cccc(CN(C)C(=O)C(C)(CCN2CCN(S(C)(=O)=O)[C@H](C)C2)c2ccc(Cl)c(Cl)c2)c1. The molecule has 1 fully saturated rings. The maximum atomic E-state index is 14.0. The monoisotopic (exact) mass is 555 g/mol. The third-order valence-corrected chi connectivity index (χ3v) is 9.07. The van der Waals surface area contributed by atoms with Crippen LogP contribution in [0.15, 0.2) is 42.5 Å². The van der Waals surface area contributed by atoms with Gasteiger partial charge in [-0.15, -0.1) is 0 Å². The molecule has 3 rings (SSSR count). The number of likely N-dealkylation sites (N-methyl/N-ethyl adjacent to an activating group) is 1. The Balaban J connectivity index is 1.82. The molecule has 0 aromatic heterocycles. The largest absolute Gasteiger partial charge is 0.497 e. The summed E-state index contributed by atoms with van der Waals surface area (Å²) in [5.74, 6) is 0.703. The number of rotatable bonds is 9. The van der Waals surface area contributed by atoms with E-state index in [9.17, 15) is 13.2 Å². The lowest BCUT2D eigenvalue weighted by Gasteiger charge is -2.40. The van der Waals surface area contributed by atoms with Crippen LogP contribution in [0.1, 0.15) is 31.4 Å². The van der Waals surface area contributed by atoms with Crippen molar-refractivity contribution in [1.29, 1.82) is 0 Å². The van der Waals surface area contributed by atoms with Crippen LogP contribution in [-0.2, 0) is 26.8 Å². The number of hydrogen-bond acceptors (Lipinski definition) is 5. The maximum Gasteiger partial charge on any atom is 0.233 e. The van der Waals surface area contributed by atoms with Crippen LogP contribution < -0.4 is 4.74 Å². The molecule has 0 aliphatic carbocycles. The summed E-state index contributed by atoms with van der Waals surface area (Å²) >= 11 is 12.5. The van der Waals surface area contributed by atoms with E-state index < -0.39 is 15.4 Å². The van der Waals surface area contributed by atoms with Gasteiger partial charge in [0.2, 0.25) is 15.9 Å². The third kappa shape index (κ3) is 6.72. The van der Waals surface area contributed by atoms with Gasteiger partial charge in [-0.1, -0.05) is 41.4 Å². The molecule has 0 radical (unpaired) electrons. The van der Waals surface area contributed by atoms with Gasteiger partial charge in [0.1, 0.15) is 5.75 Å². The molecule has 36 heavy (non-hydrogen) atoms. The fraction of sp³-hybridized carbons (Fsp3) is 0.500. The summed E-state index contributed by atoms with van der Waals surface area (Å²) in [4.78, 5) is 17.9. The van der Waals surface area contributed by atoms with E-state index in [4.69, 9.17) is 27.9 Å². The lowest BCUT2D eigenvalue weighted by atomic mass is 9.77. The highest BCUT2D eigenvalue weighted by molar-refractivity contribution is 7.88. The third-order valence-electron chi connectivity index (χ3n) is 6.93. The molecular formula is C26H35Cl2N3O4S. The van der Waals surface area contributed by atoms with Crippen molar-refractivity contribution in [2.45, 2.75) is 38.3 Å². The molecule has 1 unspecified atom stereocenters. The van der Waals surface area contributed by atoms with Crippen molar-refractivity contribution in [3.05, 3.63) is 63.6 Å². The first kappa shape index (κ1) is 28.7. The fourth-order valence-electron chi connectivity index (χ4n) is 4.85. The minimum Gasteiger partial charge on any atom is -0.497 e. The number of methoxy groups -OCH3 is 1. The summed E-state index contributed by atoms with van der Waals surface area (Å²) in [5.41, 5.74) is 0.897. The van der Waals surface area contributed by atoms with Gasteiger partial charge in [0.05, 0.1) is 28.8 Å². The van der Waals surface area contributed by atoms with Crippen LogP contribution in [0.2, 0.25) is 10.0 Å². The molecule has 0 saturated carbocycles. The van der Waals surface area contributed by atoms with E-state index in [1.165, 1.54) is 10.6 Å². The zero-order valence-electron chi connectivity index (χ0n) is 21.5. The molecule has 1 heterocycles. The average molecular weight is 557 g/mol. The van der Waals surface area contributed by atoms with Crippen LogP contribution in [0, 0.1) is 0 Å². The molecular weight excluding hydrogens is 521 g/mol. The minimum absolute atomic E-state index is 0.0356. The Labute approximate surface area is 225 Å². The van der Waals surface area contributed by atoms with E-state index in [2.05, 4.69) is 4.90 Å². The second kappa shape index (κ2) is 11.7. The first-order chi connectivity index (χ1) is 16.8. The fourth-order valence-corrected chi connectivity index (χ4v) is 6.28. The van der Waals surface area contributed by atoms with E-state index in [-0.39, 0.29) is 11.9 Å². The standard InChI is InChI=1S/C26H35Cl2N3O4S/c1-19-17-30(13-14-31(19)36(5,33)34)12-11-26(2,21-9-10-23(27)24(28)16-21)25(32)29(3)18-20-7-6-8-22(15-20)35-4/h6-10,15-16,19H,11-14,17-18H2,1-5H3/t19-,26?/m1/s1. The second-order valence-electron chi connectivity index (χ2n) is 9.75. The van der Waals surface area contributed by atoms with Crippen LogP contribution in [0.4, 0.5) is 0 Å². The van der Waals surface area contributed by atoms with E-state index in [0.717, 1.165) is 16.9 Å². The predicted octanol–water partition coefficient (Wildman–Crippen LogP) is 4.27. The predicted molar refractivity (Wildman–Crippen MR) is 145 cm³/mol. The molecule has 2 aromatic carbocycles. The van der Waals surface area contributed by atoms with Crippen molar-refractivity contribution < 1.29 is 17.9 Å². The van der Waals surface area contributed by atoms with Crippen LogP contribution in [0.3, 0.4) is 0 Å². The van der Waals surface area contributed by atoms with E-state index in [0.29, 0.717) is 49.2 Å². The van der Waals surface area contributed by atoms with Crippen LogP contribution in [0.25, 0.3) is 0 Å². The van der Waals surface area contributed by atoms with Gasteiger partial charge in [-0.2, -0.15) is 4.31 Å². The first-order valence-electron chi connectivity index (χ1n) is 11.9. The minimum atomic E-state index is -3.24. The van der Waals surface area contributed by atoms with Crippen LogP contribution >= 0.6 is 23.2 Å². The van der Waals surface area contributed by atoms with E-state index in [1.54, 1.807) is 31.2 Å². The number of nitrogens with zero attached hydrogens (tertiary/aromatic N) is 3. The summed E-state index contributed by atoms with van der Waals surface area (Å²) in [6, 6.07) is 12.9. The molecule has 0 spiro atoms. The van der Waals surface area contributed by atoms with Crippen molar-refractivity contribution >= 4 is 39.1 Å². The number of halogens is 2. The van der Waals surface area contributed by atoms with Crippen molar-refractivity contribution in [3.63, 3.8) is 0 Å². The Morgan fingerprint density at radius 1 is 1.17 bits per heavy atom. The zero-order chi connectivity index (χ0) is 26.7. The highest BCUT2D eigenvalue weighted by Gasteiger charge is 2.39. The van der Waals surface area contributed by atoms with Crippen molar-refractivity contribution in [2.75, 3.05) is 46.6 Å². The zero-order valence-corrected chi connectivity index (χ0v) is 23.8. The van der Waals surface area contributed by atoms with Gasteiger partial charge in [0.25, 0.3) is 0 Å². The average Bonchev–Trinajstić information content (AvgIpc) is 2.83. The highest BCUT2D eigenvalue weighted by atomic mass is 35.5. The summed E-state index contributed by atoms with van der Waals surface area (Å²) in [5, 5.41) is 0.838. The molecule has 10 heteroatoms. The summed E-state index contributed by atoms with van der Waals surface area (Å²) in [6.07, 6.45) is 1.79. The molecule has 198 valence electrons. The van der Waals surface area contributed by atoms with Crippen molar-refractivity contribution in [1.82, 2.24) is 14.1 Å². The molecule has 1 saturated heterocycles. The maximum absolute atomic E-state index is 14.0. The summed E-state index contributed by atoms with van der Waals surface area (Å²) < 4.78 is 31.0. The smallest absolute Gasteiger partial charge is 0.233 e. The van der Waals surface area contributed by atoms with E-state index in [1.807, 2.05) is 44.2 Å². The number of sulfonamides is 1. The van der Waals surface area contributed by atoms with Crippen LogP contribution in [0.5, 0.6) is 5.75 Å². The first-order valence-corrected chi connectivity index (χ1v) is 14.5. The topological polar surface area (TPSA) is 70.2 Å². The Morgan fingerprint density at radius 2 is 1.89 bits per heavy atom. The number of ether oxygens (including phenoxy) is 1. The molecule has 1 amide bonds. The molecule has 2 atom stereocenters. The molecule has 7 nitrogen and oxygen atoms in total. The van der Waals surface area contributed by atoms with Gasteiger partial charge in [-0.05, 0) is 62.2 Å². The quantitative estimate of drug-likeness (QED) is 0.462. The van der Waals surface area contributed by atoms with Crippen molar-refractivity contribution in [2.24, 2.45) is 0 Å². The Hall–Kier alpha value is -1.84. The van der Waals surface area contributed by atoms with Gasteiger partial charge in [0.15, 0.2) is 0 Å². The van der Waals surface area contributed by atoms with Crippen LogP contribution in [-0.4, -0.2) is 81.1 Å². The number of piperazine rings is 1. The van der Waals surface area contributed by atoms with Gasteiger partial charge in [-0.25, -0.2) is 8.42 Å². The van der Waals surface area contributed by atoms with Crippen molar-refractivity contribution in [3.8, 4) is 5.75 Å². The Kier molecular flexibility index (Phi) is 9.33. The normalized spacial score (nSPS) is 19.0. The molecule has 1 aliphatic heterocycles. The summed E-state index contributed by atoms with van der Waals surface area (Å²) in [6.45, 7) is 6.58. The van der Waals surface area contributed by atoms with E-state index >= 15 is 0 Å².